The fraction of sp³-hybridized carbons (Fsp3) is 0.462. The van der Waals surface area contributed by atoms with Gasteiger partial charge in [-0.15, -0.1) is 0 Å². The molecule has 104 valence electrons. The lowest BCUT2D eigenvalue weighted by molar-refractivity contribution is 0.303. The molecule has 0 bridgehead atoms. The van der Waals surface area contributed by atoms with Gasteiger partial charge in [-0.05, 0) is 31.4 Å². The first-order valence-electron chi connectivity index (χ1n) is 6.36. The molecule has 19 heavy (non-hydrogen) atoms. The first kappa shape index (κ1) is 14.0. The van der Waals surface area contributed by atoms with Crippen LogP contribution in [0.3, 0.4) is 0 Å². The highest BCUT2D eigenvalue weighted by molar-refractivity contribution is 7.89. The lowest BCUT2D eigenvalue weighted by atomic mass is 10.0. The maximum atomic E-state index is 12.7. The van der Waals surface area contributed by atoms with Crippen LogP contribution >= 0.6 is 0 Å². The number of hydrogen-bond acceptors (Lipinski definition) is 3. The minimum atomic E-state index is -3.57. The summed E-state index contributed by atoms with van der Waals surface area (Å²) in [5, 5.41) is 7.59. The number of nitrogens with two attached hydrogens (primary N) is 1. The van der Waals surface area contributed by atoms with Gasteiger partial charge in [-0.2, -0.15) is 4.31 Å². The van der Waals surface area contributed by atoms with Crippen LogP contribution in [0.15, 0.2) is 29.2 Å². The van der Waals surface area contributed by atoms with Crippen molar-refractivity contribution in [2.75, 3.05) is 6.54 Å². The van der Waals surface area contributed by atoms with Gasteiger partial charge in [0, 0.05) is 6.54 Å². The fourth-order valence-corrected chi connectivity index (χ4v) is 4.38. The van der Waals surface area contributed by atoms with E-state index < -0.39 is 16.1 Å². The summed E-state index contributed by atoms with van der Waals surface area (Å²) in [5.74, 6) is -0.0724. The van der Waals surface area contributed by atoms with Crippen molar-refractivity contribution < 1.29 is 8.42 Å². The summed E-state index contributed by atoms with van der Waals surface area (Å²) in [5.41, 5.74) is 6.27. The summed E-state index contributed by atoms with van der Waals surface area (Å²) in [4.78, 5) is 0.308. The Morgan fingerprint density at radius 3 is 2.68 bits per heavy atom. The Morgan fingerprint density at radius 1 is 1.37 bits per heavy atom. The molecule has 1 aromatic rings. The van der Waals surface area contributed by atoms with Crippen LogP contribution in [-0.4, -0.2) is 31.1 Å². The molecule has 3 N–H and O–H groups in total. The number of rotatable bonds is 3. The third-order valence-electron chi connectivity index (χ3n) is 3.49. The third kappa shape index (κ3) is 2.64. The molecule has 0 spiro atoms. The molecule has 0 saturated carbocycles. The zero-order valence-electron chi connectivity index (χ0n) is 11.0. The molecule has 0 aliphatic carbocycles. The fourth-order valence-electron chi connectivity index (χ4n) is 2.48. The van der Waals surface area contributed by atoms with Crippen molar-refractivity contribution in [3.63, 3.8) is 0 Å². The van der Waals surface area contributed by atoms with Gasteiger partial charge in [0.25, 0.3) is 0 Å². The van der Waals surface area contributed by atoms with Gasteiger partial charge in [0.05, 0.1) is 10.9 Å². The molecule has 0 aromatic heterocycles. The minimum absolute atomic E-state index is 0.0724. The van der Waals surface area contributed by atoms with Crippen molar-refractivity contribution in [1.29, 1.82) is 5.41 Å². The highest BCUT2D eigenvalue weighted by atomic mass is 32.2. The summed E-state index contributed by atoms with van der Waals surface area (Å²) >= 11 is 0. The summed E-state index contributed by atoms with van der Waals surface area (Å²) in [7, 11) is -3.57. The minimum Gasteiger partial charge on any atom is -0.386 e. The van der Waals surface area contributed by atoms with Crippen LogP contribution in [-0.2, 0) is 10.0 Å². The van der Waals surface area contributed by atoms with Gasteiger partial charge in [0.1, 0.15) is 5.84 Å². The number of hydrogen-bond donors (Lipinski definition) is 2. The quantitative estimate of drug-likeness (QED) is 0.649. The predicted molar refractivity (Wildman–Crippen MR) is 74.6 cm³/mol. The van der Waals surface area contributed by atoms with Crippen LogP contribution in [0.5, 0.6) is 0 Å². The molecule has 5 nitrogen and oxygen atoms in total. The van der Waals surface area contributed by atoms with E-state index in [-0.39, 0.29) is 5.84 Å². The normalized spacial score (nSPS) is 21.2. The number of aryl methyl sites for hydroxylation is 1. The zero-order chi connectivity index (χ0) is 14.0. The molecule has 1 heterocycles. The number of piperidine rings is 1. The van der Waals surface area contributed by atoms with Gasteiger partial charge in [-0.3, -0.25) is 5.41 Å². The average Bonchev–Trinajstić information content (AvgIpc) is 2.39. The topological polar surface area (TPSA) is 87.2 Å². The van der Waals surface area contributed by atoms with Crippen molar-refractivity contribution in [3.8, 4) is 0 Å². The lowest BCUT2D eigenvalue weighted by Gasteiger charge is -2.34. The molecule has 6 heteroatoms. The predicted octanol–water partition coefficient (Wildman–Crippen LogP) is 1.47. The van der Waals surface area contributed by atoms with E-state index in [1.54, 1.807) is 25.1 Å². The van der Waals surface area contributed by atoms with E-state index in [9.17, 15) is 8.42 Å². The molecule has 1 fully saturated rings. The van der Waals surface area contributed by atoms with Crippen molar-refractivity contribution >= 4 is 15.9 Å². The van der Waals surface area contributed by atoms with Gasteiger partial charge in [0.2, 0.25) is 10.0 Å². The van der Waals surface area contributed by atoms with E-state index in [1.807, 2.05) is 6.07 Å². The van der Waals surface area contributed by atoms with E-state index in [1.165, 1.54) is 4.31 Å². The second kappa shape index (κ2) is 5.30. The summed E-state index contributed by atoms with van der Waals surface area (Å²) < 4.78 is 26.8. The Kier molecular flexibility index (Phi) is 3.91. The number of nitrogens with one attached hydrogen (secondary N) is 1. The van der Waals surface area contributed by atoms with Crippen LogP contribution in [0, 0.1) is 12.3 Å². The van der Waals surface area contributed by atoms with Crippen LogP contribution in [0.2, 0.25) is 0 Å². The maximum Gasteiger partial charge on any atom is 0.243 e. The molecule has 1 atom stereocenters. The van der Waals surface area contributed by atoms with Crippen molar-refractivity contribution in [3.05, 3.63) is 29.8 Å². The summed E-state index contributed by atoms with van der Waals surface area (Å²) in [6.45, 7) is 2.21. The molecule has 1 aliphatic heterocycles. The van der Waals surface area contributed by atoms with Gasteiger partial charge in [-0.25, -0.2) is 8.42 Å². The van der Waals surface area contributed by atoms with Gasteiger partial charge < -0.3 is 5.73 Å². The van der Waals surface area contributed by atoms with Crippen molar-refractivity contribution in [1.82, 2.24) is 4.31 Å². The molecule has 2 rings (SSSR count). The monoisotopic (exact) mass is 281 g/mol. The maximum absolute atomic E-state index is 12.7. The first-order chi connectivity index (χ1) is 8.94. The van der Waals surface area contributed by atoms with Crippen LogP contribution in [0.25, 0.3) is 0 Å². The molecule has 0 amide bonds. The van der Waals surface area contributed by atoms with E-state index in [0.717, 1.165) is 18.4 Å². The highest BCUT2D eigenvalue weighted by Crippen LogP contribution is 2.26. The van der Waals surface area contributed by atoms with Crippen LogP contribution < -0.4 is 5.73 Å². The number of benzene rings is 1. The Balaban J connectivity index is 2.43. The first-order valence-corrected chi connectivity index (χ1v) is 7.80. The second-order valence-electron chi connectivity index (χ2n) is 4.85. The molecular weight excluding hydrogens is 262 g/mol. The summed E-state index contributed by atoms with van der Waals surface area (Å²) in [6.07, 6.45) is 2.35. The lowest BCUT2D eigenvalue weighted by Crippen LogP contribution is -2.50. The van der Waals surface area contributed by atoms with Crippen LogP contribution in [0.1, 0.15) is 24.8 Å². The molecule has 0 radical (unpaired) electrons. The van der Waals surface area contributed by atoms with Gasteiger partial charge >= 0.3 is 0 Å². The second-order valence-corrected chi connectivity index (χ2v) is 6.71. The Labute approximate surface area is 114 Å². The van der Waals surface area contributed by atoms with Crippen molar-refractivity contribution in [2.24, 2.45) is 5.73 Å². The van der Waals surface area contributed by atoms with Crippen LogP contribution in [0.4, 0.5) is 0 Å². The van der Waals surface area contributed by atoms with E-state index in [4.69, 9.17) is 11.1 Å². The molecule has 1 saturated heterocycles. The van der Waals surface area contributed by atoms with E-state index in [0.29, 0.717) is 17.9 Å². The summed E-state index contributed by atoms with van der Waals surface area (Å²) in [6, 6.07) is 6.41. The largest absolute Gasteiger partial charge is 0.386 e. The van der Waals surface area contributed by atoms with E-state index in [2.05, 4.69) is 0 Å². The van der Waals surface area contributed by atoms with Crippen molar-refractivity contribution in [2.45, 2.75) is 37.1 Å². The third-order valence-corrected chi connectivity index (χ3v) is 5.56. The Hall–Kier alpha value is -1.40. The molecule has 1 unspecified atom stereocenters. The smallest absolute Gasteiger partial charge is 0.243 e. The highest BCUT2D eigenvalue weighted by Gasteiger charge is 2.35. The number of amidine groups is 1. The van der Waals surface area contributed by atoms with E-state index >= 15 is 0 Å². The van der Waals surface area contributed by atoms with Gasteiger partial charge in [-0.1, -0.05) is 24.6 Å². The number of nitrogens with zero attached hydrogens (tertiary/aromatic N) is 1. The van der Waals surface area contributed by atoms with Gasteiger partial charge in [0.15, 0.2) is 0 Å². The zero-order valence-corrected chi connectivity index (χ0v) is 11.8. The molecular formula is C13H19N3O2S. The molecule has 1 aliphatic rings. The number of sulfonamides is 1. The average molecular weight is 281 g/mol. The SMILES string of the molecule is Cc1ccccc1S(=O)(=O)N1CCCCC1C(=N)N. The molecule has 1 aromatic carbocycles. The standard InChI is InChI=1S/C13H19N3O2S/c1-10-6-2-3-8-12(10)19(17,18)16-9-5-4-7-11(16)13(14)15/h2-3,6,8,11H,4-5,7,9H2,1H3,(H3,14,15). The Bertz CT molecular complexity index is 583. The Morgan fingerprint density at radius 2 is 2.05 bits per heavy atom.